The van der Waals surface area contributed by atoms with Crippen LogP contribution in [0, 0.1) is 37.8 Å². The zero-order valence-electron chi connectivity index (χ0n) is 15.9. The predicted molar refractivity (Wildman–Crippen MR) is 106 cm³/mol. The molecule has 0 aliphatic heterocycles. The molecule has 0 fully saturated rings. The van der Waals surface area contributed by atoms with Crippen LogP contribution in [0.2, 0.25) is 0 Å². The van der Waals surface area contributed by atoms with Crippen molar-refractivity contribution in [1.29, 1.82) is 0 Å². The normalized spacial score (nSPS) is 12.2. The molecule has 27 heavy (non-hydrogen) atoms. The van der Waals surface area contributed by atoms with Crippen molar-refractivity contribution in [1.82, 2.24) is 10.2 Å². The number of hydrogen-bond acceptors (Lipinski definition) is 6. The second-order valence-electron chi connectivity index (χ2n) is 6.60. The van der Waals surface area contributed by atoms with Crippen LogP contribution in [0.1, 0.15) is 40.3 Å². The van der Waals surface area contributed by atoms with Crippen LogP contribution in [-0.4, -0.2) is 15.1 Å². The lowest BCUT2D eigenvalue weighted by molar-refractivity contribution is -0.384. The Hall–Kier alpha value is -2.67. The Labute approximate surface area is 162 Å². The number of hydrogen-bond donors (Lipinski definition) is 0. The fourth-order valence-corrected chi connectivity index (χ4v) is 4.05. The molecule has 0 aliphatic carbocycles. The molecule has 1 heterocycles. The highest BCUT2D eigenvalue weighted by atomic mass is 32.2. The summed E-state index contributed by atoms with van der Waals surface area (Å²) in [6, 6.07) is 8.30. The molecular formula is C20H21N3O3S. The molecule has 1 atom stereocenters. The summed E-state index contributed by atoms with van der Waals surface area (Å²) in [6.07, 6.45) is 0. The number of thioether (sulfide) groups is 1. The number of nitro benzene ring substituents is 1. The fraction of sp³-hybridized carbons (Fsp3) is 0.300. The third-order valence-electron chi connectivity index (χ3n) is 4.71. The first-order chi connectivity index (χ1) is 12.8. The van der Waals surface area contributed by atoms with Gasteiger partial charge < -0.3 is 4.42 Å². The third-order valence-corrected chi connectivity index (χ3v) is 6.11. The molecule has 0 saturated carbocycles. The van der Waals surface area contributed by atoms with Gasteiger partial charge in [-0.25, -0.2) is 0 Å². The molecular weight excluding hydrogens is 362 g/mol. The number of benzene rings is 2. The number of non-ortho nitro benzene ring substituents is 1. The monoisotopic (exact) mass is 383 g/mol. The van der Waals surface area contributed by atoms with E-state index >= 15 is 0 Å². The summed E-state index contributed by atoms with van der Waals surface area (Å²) in [5, 5.41) is 19.0. The van der Waals surface area contributed by atoms with E-state index < -0.39 is 4.92 Å². The van der Waals surface area contributed by atoms with E-state index in [2.05, 4.69) is 44.0 Å². The van der Waals surface area contributed by atoms with Crippen LogP contribution in [0.15, 0.2) is 39.6 Å². The maximum atomic E-state index is 10.8. The molecule has 0 amide bonds. The van der Waals surface area contributed by atoms with Gasteiger partial charge in [0.1, 0.15) is 0 Å². The second kappa shape index (κ2) is 7.52. The molecule has 0 spiro atoms. The molecule has 2 aromatic carbocycles. The number of nitrogens with zero attached hydrogens (tertiary/aromatic N) is 3. The summed E-state index contributed by atoms with van der Waals surface area (Å²) in [5.74, 6) is 0.896. The van der Waals surface area contributed by atoms with Crippen molar-refractivity contribution >= 4 is 17.4 Å². The fourth-order valence-electron chi connectivity index (χ4n) is 2.83. The molecule has 0 radical (unpaired) electrons. The zero-order valence-corrected chi connectivity index (χ0v) is 16.8. The molecule has 0 unspecified atom stereocenters. The number of aromatic nitrogens is 2. The highest BCUT2D eigenvalue weighted by Gasteiger charge is 2.19. The minimum absolute atomic E-state index is 0.0112. The predicted octanol–water partition coefficient (Wildman–Crippen LogP) is 5.73. The van der Waals surface area contributed by atoms with E-state index in [-0.39, 0.29) is 10.9 Å². The minimum Gasteiger partial charge on any atom is -0.419 e. The van der Waals surface area contributed by atoms with Crippen LogP contribution in [0.4, 0.5) is 5.69 Å². The molecule has 0 N–H and O–H groups in total. The highest BCUT2D eigenvalue weighted by molar-refractivity contribution is 7.99. The Morgan fingerprint density at radius 3 is 2.19 bits per heavy atom. The smallest absolute Gasteiger partial charge is 0.269 e. The average Bonchev–Trinajstić information content (AvgIpc) is 3.14. The van der Waals surface area contributed by atoms with E-state index in [0.29, 0.717) is 17.3 Å². The highest BCUT2D eigenvalue weighted by Crippen LogP contribution is 2.40. The van der Waals surface area contributed by atoms with E-state index in [1.807, 2.05) is 6.92 Å². The first-order valence-corrected chi connectivity index (χ1v) is 9.48. The third kappa shape index (κ3) is 3.88. The molecule has 1 aromatic heterocycles. The average molecular weight is 383 g/mol. The van der Waals surface area contributed by atoms with E-state index in [9.17, 15) is 10.1 Å². The topological polar surface area (TPSA) is 82.1 Å². The quantitative estimate of drug-likeness (QED) is 0.318. The van der Waals surface area contributed by atoms with Gasteiger partial charge in [-0.3, -0.25) is 10.1 Å². The maximum absolute atomic E-state index is 10.8. The molecule has 0 saturated heterocycles. The summed E-state index contributed by atoms with van der Waals surface area (Å²) < 4.78 is 5.83. The summed E-state index contributed by atoms with van der Waals surface area (Å²) in [7, 11) is 0. The Morgan fingerprint density at radius 2 is 1.63 bits per heavy atom. The van der Waals surface area contributed by atoms with Gasteiger partial charge in [0.2, 0.25) is 11.8 Å². The summed E-state index contributed by atoms with van der Waals surface area (Å²) in [4.78, 5) is 11.6. The maximum Gasteiger partial charge on any atom is 0.269 e. The Morgan fingerprint density at radius 1 is 1.04 bits per heavy atom. The van der Waals surface area contributed by atoms with Gasteiger partial charge in [0.05, 0.1) is 10.2 Å². The summed E-state index contributed by atoms with van der Waals surface area (Å²) in [5.41, 5.74) is 5.77. The first-order valence-electron chi connectivity index (χ1n) is 8.60. The molecule has 3 aromatic rings. The zero-order chi connectivity index (χ0) is 19.7. The molecule has 0 aliphatic rings. The van der Waals surface area contributed by atoms with Crippen molar-refractivity contribution in [2.24, 2.45) is 0 Å². The number of nitro groups is 1. The molecule has 7 heteroatoms. The standard InChI is InChI=1S/C20H21N3O3S/c1-11-10-12(2)14(4)18(13(11)3)27-15(5)19-21-22-20(26-19)16-6-8-17(9-7-16)23(24)25/h6-10,15H,1-5H3/t15-/m0/s1. The number of rotatable bonds is 5. The van der Waals surface area contributed by atoms with Gasteiger partial charge in [-0.15, -0.1) is 22.0 Å². The minimum atomic E-state index is -0.434. The van der Waals surface area contributed by atoms with Gasteiger partial charge in [0, 0.05) is 22.6 Å². The molecule has 0 bridgehead atoms. The van der Waals surface area contributed by atoms with Crippen molar-refractivity contribution < 1.29 is 9.34 Å². The SMILES string of the molecule is Cc1cc(C)c(C)c(S[C@@H](C)c2nnc(-c3ccc([N+](=O)[O-])cc3)o2)c1C. The van der Waals surface area contributed by atoms with Crippen molar-refractivity contribution in [3.8, 4) is 11.5 Å². The van der Waals surface area contributed by atoms with E-state index in [1.165, 1.54) is 39.3 Å². The summed E-state index contributed by atoms with van der Waals surface area (Å²) >= 11 is 1.71. The van der Waals surface area contributed by atoms with Crippen molar-refractivity contribution in [3.05, 3.63) is 68.6 Å². The Bertz CT molecular complexity index is 970. The van der Waals surface area contributed by atoms with E-state index in [4.69, 9.17) is 4.42 Å². The lowest BCUT2D eigenvalue weighted by Gasteiger charge is -2.16. The van der Waals surface area contributed by atoms with Gasteiger partial charge >= 0.3 is 0 Å². The molecule has 3 rings (SSSR count). The second-order valence-corrected chi connectivity index (χ2v) is 7.95. The van der Waals surface area contributed by atoms with Crippen LogP contribution < -0.4 is 0 Å². The van der Waals surface area contributed by atoms with Crippen molar-refractivity contribution in [3.63, 3.8) is 0 Å². The Balaban J connectivity index is 1.84. The largest absolute Gasteiger partial charge is 0.419 e. The molecule has 140 valence electrons. The summed E-state index contributed by atoms with van der Waals surface area (Å²) in [6.45, 7) is 10.5. The van der Waals surface area contributed by atoms with Crippen LogP contribution in [0.3, 0.4) is 0 Å². The van der Waals surface area contributed by atoms with Gasteiger partial charge in [-0.1, -0.05) is 6.07 Å². The van der Waals surface area contributed by atoms with E-state index in [0.717, 1.165) is 0 Å². The van der Waals surface area contributed by atoms with Gasteiger partial charge in [0.25, 0.3) is 5.69 Å². The van der Waals surface area contributed by atoms with Gasteiger partial charge in [0.15, 0.2) is 0 Å². The Kier molecular flexibility index (Phi) is 5.32. The van der Waals surface area contributed by atoms with E-state index in [1.54, 1.807) is 23.9 Å². The van der Waals surface area contributed by atoms with Crippen LogP contribution in [0.25, 0.3) is 11.5 Å². The van der Waals surface area contributed by atoms with Crippen LogP contribution in [-0.2, 0) is 0 Å². The molecule has 6 nitrogen and oxygen atoms in total. The van der Waals surface area contributed by atoms with Crippen LogP contribution in [0.5, 0.6) is 0 Å². The lowest BCUT2D eigenvalue weighted by Crippen LogP contribution is -1.96. The van der Waals surface area contributed by atoms with Gasteiger partial charge in [-0.05, 0) is 69.0 Å². The van der Waals surface area contributed by atoms with Crippen molar-refractivity contribution in [2.45, 2.75) is 44.8 Å². The first kappa shape index (κ1) is 19.1. The van der Waals surface area contributed by atoms with Crippen LogP contribution >= 0.6 is 11.8 Å². The lowest BCUT2D eigenvalue weighted by atomic mass is 10.0. The number of aryl methyl sites for hydroxylation is 2. The van der Waals surface area contributed by atoms with Crippen molar-refractivity contribution in [2.75, 3.05) is 0 Å². The van der Waals surface area contributed by atoms with Gasteiger partial charge in [-0.2, -0.15) is 0 Å².